The van der Waals surface area contributed by atoms with E-state index < -0.39 is 5.91 Å². The van der Waals surface area contributed by atoms with Crippen LogP contribution < -0.4 is 15.0 Å². The molecule has 0 aromatic heterocycles. The molecule has 2 aromatic carbocycles. The molecule has 0 aliphatic carbocycles. The Kier molecular flexibility index (Phi) is 6.12. The lowest BCUT2D eigenvalue weighted by atomic mass is 10.2. The molecule has 1 N–H and O–H groups in total. The smallest absolute Gasteiger partial charge is 0.267 e. The maximum Gasteiger partial charge on any atom is 0.267 e. The summed E-state index contributed by atoms with van der Waals surface area (Å²) >= 11 is 0. The molecular weight excluding hydrogens is 359 g/mol. The highest BCUT2D eigenvalue weighted by Gasteiger charge is 2.18. The van der Waals surface area contributed by atoms with Crippen LogP contribution in [0.5, 0.6) is 5.75 Å². The van der Waals surface area contributed by atoms with Crippen molar-refractivity contribution in [2.75, 3.05) is 43.5 Å². The average molecular weight is 380 g/mol. The average Bonchev–Trinajstić information content (AvgIpc) is 2.73. The number of nitrogens with zero attached hydrogens (tertiary/aromatic N) is 3. The number of carbonyl (C=O) groups excluding carboxylic acids is 1. The first-order valence-corrected chi connectivity index (χ1v) is 8.91. The predicted octanol–water partition coefficient (Wildman–Crippen LogP) is 3.00. The summed E-state index contributed by atoms with van der Waals surface area (Å²) in [5, 5.41) is 12.1. The van der Waals surface area contributed by atoms with Crippen LogP contribution in [0.3, 0.4) is 0 Å². The quantitative estimate of drug-likeness (QED) is 0.638. The van der Waals surface area contributed by atoms with Gasteiger partial charge in [0.25, 0.3) is 5.91 Å². The van der Waals surface area contributed by atoms with Crippen LogP contribution in [0.4, 0.5) is 15.8 Å². The van der Waals surface area contributed by atoms with E-state index in [2.05, 4.69) is 10.2 Å². The van der Waals surface area contributed by atoms with E-state index in [1.165, 1.54) is 19.2 Å². The Bertz CT molecular complexity index is 897. The second-order valence-corrected chi connectivity index (χ2v) is 6.31. The van der Waals surface area contributed by atoms with Crippen LogP contribution in [-0.4, -0.2) is 44.1 Å². The number of ether oxygens (including phenoxy) is 1. The molecule has 28 heavy (non-hydrogen) atoms. The molecular formula is C21H21FN4O2. The standard InChI is InChI=1S/C21H21FN4O2/c1-28-20-5-3-2-4-19(20)24-21(27)16(14-23)15-25-10-12-26(13-11-25)18-8-6-17(22)7-9-18/h2-9,15H,10-13H2,1H3,(H,24,27)/b16-15-. The number of methoxy groups -OCH3 is 1. The molecule has 1 aliphatic rings. The number of rotatable bonds is 5. The number of anilines is 2. The van der Waals surface area contributed by atoms with E-state index in [0.717, 1.165) is 18.8 Å². The van der Waals surface area contributed by atoms with Crippen molar-refractivity contribution in [3.05, 3.63) is 66.1 Å². The number of amides is 1. The Morgan fingerprint density at radius 1 is 1.14 bits per heavy atom. The molecule has 0 spiro atoms. The highest BCUT2D eigenvalue weighted by Crippen LogP contribution is 2.23. The second-order valence-electron chi connectivity index (χ2n) is 6.31. The maximum atomic E-state index is 13.1. The van der Waals surface area contributed by atoms with Gasteiger partial charge in [0, 0.05) is 38.1 Å². The van der Waals surface area contributed by atoms with Gasteiger partial charge in [0.05, 0.1) is 12.8 Å². The van der Waals surface area contributed by atoms with Crippen molar-refractivity contribution in [2.24, 2.45) is 0 Å². The molecule has 0 unspecified atom stereocenters. The van der Waals surface area contributed by atoms with Crippen LogP contribution in [-0.2, 0) is 4.79 Å². The van der Waals surface area contributed by atoms with Crippen LogP contribution in [0, 0.1) is 17.1 Å². The Labute approximate surface area is 163 Å². The van der Waals surface area contributed by atoms with Gasteiger partial charge < -0.3 is 19.9 Å². The first kappa shape index (κ1) is 19.2. The Hall–Kier alpha value is -3.53. The molecule has 144 valence electrons. The van der Waals surface area contributed by atoms with Gasteiger partial charge in [-0.3, -0.25) is 4.79 Å². The van der Waals surface area contributed by atoms with Crippen molar-refractivity contribution >= 4 is 17.3 Å². The third-order valence-electron chi connectivity index (χ3n) is 4.54. The van der Waals surface area contributed by atoms with E-state index >= 15 is 0 Å². The van der Waals surface area contributed by atoms with E-state index in [4.69, 9.17) is 4.74 Å². The van der Waals surface area contributed by atoms with Crippen molar-refractivity contribution in [1.29, 1.82) is 5.26 Å². The lowest BCUT2D eigenvalue weighted by Crippen LogP contribution is -2.44. The molecule has 3 rings (SSSR count). The number of piperazine rings is 1. The number of para-hydroxylation sites is 2. The van der Waals surface area contributed by atoms with E-state index in [1.807, 2.05) is 11.0 Å². The number of hydrogen-bond donors (Lipinski definition) is 1. The summed E-state index contributed by atoms with van der Waals surface area (Å²) in [7, 11) is 1.52. The monoisotopic (exact) mass is 380 g/mol. The second kappa shape index (κ2) is 8.91. The van der Waals surface area contributed by atoms with Gasteiger partial charge >= 0.3 is 0 Å². The normalized spacial score (nSPS) is 14.4. The minimum absolute atomic E-state index is 0.0288. The zero-order valence-electron chi connectivity index (χ0n) is 15.6. The van der Waals surface area contributed by atoms with Crippen LogP contribution in [0.15, 0.2) is 60.3 Å². The summed E-state index contributed by atoms with van der Waals surface area (Å²) in [6.45, 7) is 2.75. The number of nitrogens with one attached hydrogen (secondary N) is 1. The fraction of sp³-hybridized carbons (Fsp3) is 0.238. The first-order chi connectivity index (χ1) is 13.6. The molecule has 0 bridgehead atoms. The van der Waals surface area contributed by atoms with Crippen molar-refractivity contribution in [1.82, 2.24) is 4.90 Å². The molecule has 7 heteroatoms. The molecule has 0 saturated carbocycles. The minimum atomic E-state index is -0.479. The summed E-state index contributed by atoms with van der Waals surface area (Å²) in [6, 6.07) is 15.4. The van der Waals surface area contributed by atoms with Gasteiger partial charge in [0.1, 0.15) is 23.2 Å². The SMILES string of the molecule is COc1ccccc1NC(=O)/C(C#N)=C\N1CCN(c2ccc(F)cc2)CC1. The molecule has 2 aromatic rings. The molecule has 0 atom stereocenters. The molecule has 6 nitrogen and oxygen atoms in total. The van der Waals surface area contributed by atoms with Gasteiger partial charge in [-0.25, -0.2) is 4.39 Å². The van der Waals surface area contributed by atoms with Crippen molar-refractivity contribution in [3.63, 3.8) is 0 Å². The largest absolute Gasteiger partial charge is 0.495 e. The first-order valence-electron chi connectivity index (χ1n) is 8.91. The minimum Gasteiger partial charge on any atom is -0.495 e. The van der Waals surface area contributed by atoms with E-state index in [0.29, 0.717) is 24.5 Å². The highest BCUT2D eigenvalue weighted by molar-refractivity contribution is 6.07. The Morgan fingerprint density at radius 2 is 1.82 bits per heavy atom. The summed E-state index contributed by atoms with van der Waals surface area (Å²) in [4.78, 5) is 16.6. The van der Waals surface area contributed by atoms with Crippen LogP contribution in [0.1, 0.15) is 0 Å². The Balaban J connectivity index is 1.62. The van der Waals surface area contributed by atoms with Gasteiger partial charge in [0.2, 0.25) is 0 Å². The Morgan fingerprint density at radius 3 is 2.46 bits per heavy atom. The number of halogens is 1. The van der Waals surface area contributed by atoms with Crippen molar-refractivity contribution < 1.29 is 13.9 Å². The summed E-state index contributed by atoms with van der Waals surface area (Å²) in [6.07, 6.45) is 1.59. The zero-order chi connectivity index (χ0) is 19.9. The summed E-state index contributed by atoms with van der Waals surface area (Å²) < 4.78 is 18.3. The number of nitriles is 1. The third kappa shape index (κ3) is 4.60. The van der Waals surface area contributed by atoms with Crippen molar-refractivity contribution in [2.45, 2.75) is 0 Å². The van der Waals surface area contributed by atoms with Crippen LogP contribution in [0.2, 0.25) is 0 Å². The van der Waals surface area contributed by atoms with Gasteiger partial charge in [0.15, 0.2) is 0 Å². The number of carbonyl (C=O) groups is 1. The van der Waals surface area contributed by atoms with Gasteiger partial charge in [-0.2, -0.15) is 5.26 Å². The maximum absolute atomic E-state index is 13.1. The highest BCUT2D eigenvalue weighted by atomic mass is 19.1. The predicted molar refractivity (Wildman–Crippen MR) is 106 cm³/mol. The van der Waals surface area contributed by atoms with E-state index in [1.54, 1.807) is 42.6 Å². The molecule has 1 aliphatic heterocycles. The fourth-order valence-corrected chi connectivity index (χ4v) is 3.02. The van der Waals surface area contributed by atoms with Gasteiger partial charge in [-0.1, -0.05) is 12.1 Å². The molecule has 0 radical (unpaired) electrons. The summed E-state index contributed by atoms with van der Waals surface area (Å²) in [5.41, 5.74) is 1.50. The fourth-order valence-electron chi connectivity index (χ4n) is 3.02. The molecule has 1 fully saturated rings. The van der Waals surface area contributed by atoms with Crippen molar-refractivity contribution in [3.8, 4) is 11.8 Å². The topological polar surface area (TPSA) is 68.6 Å². The lowest BCUT2D eigenvalue weighted by Gasteiger charge is -2.35. The third-order valence-corrected chi connectivity index (χ3v) is 4.54. The van der Waals surface area contributed by atoms with Crippen LogP contribution >= 0.6 is 0 Å². The summed E-state index contributed by atoms with van der Waals surface area (Å²) in [5.74, 6) is -0.209. The lowest BCUT2D eigenvalue weighted by molar-refractivity contribution is -0.112. The molecule has 1 heterocycles. The van der Waals surface area contributed by atoms with Gasteiger partial charge in [-0.15, -0.1) is 0 Å². The van der Waals surface area contributed by atoms with Gasteiger partial charge in [-0.05, 0) is 36.4 Å². The molecule has 1 saturated heterocycles. The van der Waals surface area contributed by atoms with E-state index in [-0.39, 0.29) is 11.4 Å². The van der Waals surface area contributed by atoms with E-state index in [9.17, 15) is 14.4 Å². The molecule has 1 amide bonds. The zero-order valence-corrected chi connectivity index (χ0v) is 15.6. The number of benzene rings is 2. The number of hydrogen-bond acceptors (Lipinski definition) is 5. The van der Waals surface area contributed by atoms with Crippen LogP contribution in [0.25, 0.3) is 0 Å².